The van der Waals surface area contributed by atoms with Crippen molar-refractivity contribution in [2.75, 3.05) is 0 Å². The molecular weight excluding hydrogens is 431 g/mol. The Morgan fingerprint density at radius 2 is 1.33 bits per heavy atom. The summed E-state index contributed by atoms with van der Waals surface area (Å²) in [5, 5.41) is 19.3. The highest BCUT2D eigenvalue weighted by molar-refractivity contribution is 7.68. The fraction of sp³-hybridized carbons (Fsp3) is 0. The quantitative estimate of drug-likeness (QED) is 0.199. The van der Waals surface area contributed by atoms with E-state index in [0.29, 0.717) is 17.1 Å². The number of phenols is 1. The lowest BCUT2D eigenvalue weighted by Crippen LogP contribution is -2.06. The molecule has 0 aliphatic carbocycles. The van der Waals surface area contributed by atoms with Crippen molar-refractivity contribution >= 4 is 35.8 Å². The number of phenolic OH excluding ortho intramolecular Hbond substituents is 1. The van der Waals surface area contributed by atoms with Gasteiger partial charge < -0.3 is 9.84 Å². The largest absolute Gasteiger partial charge is 0.507 e. The first-order chi connectivity index (χ1) is 16.1. The van der Waals surface area contributed by atoms with Crippen LogP contribution in [0.25, 0.3) is 22.3 Å². The van der Waals surface area contributed by atoms with Crippen molar-refractivity contribution in [1.29, 1.82) is 0 Å². The zero-order chi connectivity index (χ0) is 22.7. The van der Waals surface area contributed by atoms with Gasteiger partial charge in [-0.15, -0.1) is 0 Å². The van der Waals surface area contributed by atoms with Crippen molar-refractivity contribution in [3.8, 4) is 5.75 Å². The lowest BCUT2D eigenvalue weighted by molar-refractivity contribution is 0.468. The van der Waals surface area contributed by atoms with E-state index in [0.717, 1.165) is 21.9 Å². The van der Waals surface area contributed by atoms with Gasteiger partial charge in [0.2, 0.25) is 7.29 Å². The van der Waals surface area contributed by atoms with E-state index >= 15 is 0 Å². The number of rotatable bonds is 5. The maximum absolute atomic E-state index is 13.8. The topological polar surface area (TPSA) is 70.9 Å². The zero-order valence-corrected chi connectivity index (χ0v) is 18.5. The molecule has 0 aromatic heterocycles. The molecule has 4 aromatic rings. The summed E-state index contributed by atoms with van der Waals surface area (Å²) in [5.41, 5.74) is 2.19. The van der Waals surface area contributed by atoms with Crippen molar-refractivity contribution in [2.45, 2.75) is 0 Å². The van der Waals surface area contributed by atoms with Crippen LogP contribution in [0, 0.1) is 0 Å². The Kier molecular flexibility index (Phi) is 5.55. The second-order valence-electron chi connectivity index (χ2n) is 7.61. The van der Waals surface area contributed by atoms with Crippen LogP contribution in [0.1, 0.15) is 16.7 Å². The number of benzene rings is 4. The zero-order valence-electron chi connectivity index (χ0n) is 17.6. The summed E-state index contributed by atoms with van der Waals surface area (Å²) in [5.74, 6) is 4.25. The third-order valence-electron chi connectivity index (χ3n) is 5.31. The first kappa shape index (κ1) is 20.8. The molecule has 0 unspecified atom stereocenters. The van der Waals surface area contributed by atoms with Crippen LogP contribution in [0.5, 0.6) is 5.75 Å². The average molecular weight is 452 g/mol. The summed E-state index contributed by atoms with van der Waals surface area (Å²) in [4.78, 5) is 0. The van der Waals surface area contributed by atoms with Gasteiger partial charge in [0, 0.05) is 28.3 Å². The van der Waals surface area contributed by atoms with E-state index in [1.807, 2.05) is 91.0 Å². The van der Waals surface area contributed by atoms with E-state index in [4.69, 9.17) is 4.74 Å². The number of fused-ring (bicyclic) bond motifs is 1. The molecule has 162 valence electrons. The Morgan fingerprint density at radius 3 is 1.97 bits per heavy atom. The van der Waals surface area contributed by atoms with Crippen molar-refractivity contribution in [1.82, 2.24) is 5.20 Å². The van der Waals surface area contributed by atoms with E-state index < -0.39 is 7.29 Å². The molecule has 33 heavy (non-hydrogen) atoms. The van der Waals surface area contributed by atoms with Gasteiger partial charge in [-0.25, -0.2) is 0 Å². The molecule has 0 amide bonds. The minimum atomic E-state index is -3.25. The molecule has 5 nitrogen and oxygen atoms in total. The van der Waals surface area contributed by atoms with Crippen LogP contribution < -0.4 is 5.20 Å². The third kappa shape index (κ3) is 4.45. The van der Waals surface area contributed by atoms with E-state index in [2.05, 4.69) is 10.3 Å². The minimum absolute atomic E-state index is 0.102. The smallest absolute Gasteiger partial charge is 0.235 e. The Morgan fingerprint density at radius 1 is 0.758 bits per heavy atom. The Labute approximate surface area is 191 Å². The van der Waals surface area contributed by atoms with Gasteiger partial charge in [-0.1, -0.05) is 91.0 Å². The molecule has 1 heterocycles. The fourth-order valence-electron chi connectivity index (χ4n) is 3.69. The predicted molar refractivity (Wildman–Crippen MR) is 134 cm³/mol. The summed E-state index contributed by atoms with van der Waals surface area (Å²) in [6, 6.07) is 30.2. The van der Waals surface area contributed by atoms with E-state index in [9.17, 15) is 9.67 Å². The molecule has 0 atom stereocenters. The molecule has 0 spiro atoms. The maximum atomic E-state index is 13.8. The lowest BCUT2D eigenvalue weighted by atomic mass is 10.0. The molecule has 0 saturated heterocycles. The Balaban J connectivity index is 1.52. The first-order valence-corrected chi connectivity index (χ1v) is 12.3. The second kappa shape index (κ2) is 8.81. The molecule has 0 radical (unpaired) electrons. The number of hydrogen-bond acceptors (Lipinski definition) is 4. The molecule has 1 aliphatic rings. The minimum Gasteiger partial charge on any atom is -0.507 e. The van der Waals surface area contributed by atoms with Crippen molar-refractivity contribution in [3.63, 3.8) is 0 Å². The van der Waals surface area contributed by atoms with Crippen LogP contribution in [0.3, 0.4) is 0 Å². The summed E-state index contributed by atoms with van der Waals surface area (Å²) >= 11 is 0. The molecule has 0 bridgehead atoms. The summed E-state index contributed by atoms with van der Waals surface area (Å²) in [7, 11) is -3.25. The molecule has 6 heteroatoms. The number of hydrazone groups is 1. The number of ether oxygens (including phenoxy) is 1. The van der Waals surface area contributed by atoms with Gasteiger partial charge in [-0.05, 0) is 16.8 Å². The molecule has 2 N–H and O–H groups in total. The van der Waals surface area contributed by atoms with Crippen LogP contribution in [0.15, 0.2) is 114 Å². The number of nitrogens with one attached hydrogen (secondary N) is 1. The number of hydrogen-bond donors (Lipinski definition) is 2. The Bertz CT molecular complexity index is 1380. The standard InChI is InChI=1S/C27H21N2O3P/c30-25-16-15-20-9-7-8-14-23(20)24(25)17-28-29-33(31)18-26(21-10-3-1-4-11-21)32-27(19-33)22-12-5-2-6-13-22/h1-19,30H,(H,29,31)/b28-17+. The van der Waals surface area contributed by atoms with Crippen molar-refractivity contribution in [2.24, 2.45) is 5.10 Å². The van der Waals surface area contributed by atoms with Gasteiger partial charge in [0.1, 0.15) is 17.3 Å². The fourth-order valence-corrected chi connectivity index (χ4v) is 5.22. The van der Waals surface area contributed by atoms with Gasteiger partial charge in [0.15, 0.2) is 0 Å². The summed E-state index contributed by atoms with van der Waals surface area (Å²) in [6.45, 7) is 0. The van der Waals surface area contributed by atoms with Crippen LogP contribution in [-0.2, 0) is 9.30 Å². The van der Waals surface area contributed by atoms with Gasteiger partial charge >= 0.3 is 0 Å². The summed E-state index contributed by atoms with van der Waals surface area (Å²) in [6.07, 6.45) is 1.50. The highest BCUT2D eigenvalue weighted by Crippen LogP contribution is 2.53. The summed E-state index contributed by atoms with van der Waals surface area (Å²) < 4.78 is 19.9. The van der Waals surface area contributed by atoms with E-state index in [1.54, 1.807) is 17.7 Å². The molecule has 0 fully saturated rings. The Hall–Kier alpha value is -4.08. The third-order valence-corrected chi connectivity index (χ3v) is 6.97. The molecule has 1 aliphatic heterocycles. The monoisotopic (exact) mass is 452 g/mol. The van der Waals surface area contributed by atoms with Gasteiger partial charge in [-0.3, -0.25) is 9.76 Å². The van der Waals surface area contributed by atoms with Crippen LogP contribution in [-0.4, -0.2) is 11.3 Å². The molecule has 0 saturated carbocycles. The number of aromatic hydroxyl groups is 1. The van der Waals surface area contributed by atoms with Crippen molar-refractivity contribution in [3.05, 3.63) is 125 Å². The van der Waals surface area contributed by atoms with E-state index in [1.165, 1.54) is 6.21 Å². The van der Waals surface area contributed by atoms with Crippen LogP contribution in [0.4, 0.5) is 0 Å². The molecule has 5 rings (SSSR count). The number of nitrogens with zero attached hydrogens (tertiary/aromatic N) is 1. The lowest BCUT2D eigenvalue weighted by Gasteiger charge is -2.22. The first-order valence-electron chi connectivity index (χ1n) is 10.5. The average Bonchev–Trinajstić information content (AvgIpc) is 2.86. The normalized spacial score (nSPS) is 15.0. The van der Waals surface area contributed by atoms with Gasteiger partial charge in [0.05, 0.1) is 6.21 Å². The SMILES string of the molecule is O=P1(N/N=C/c2c(O)ccc3ccccc23)C=C(c2ccccc2)OC(c2ccccc2)=C1. The van der Waals surface area contributed by atoms with Gasteiger partial charge in [-0.2, -0.15) is 5.10 Å². The highest BCUT2D eigenvalue weighted by atomic mass is 31.2. The highest BCUT2D eigenvalue weighted by Gasteiger charge is 2.26. The molecular formula is C27H21N2O3P. The van der Waals surface area contributed by atoms with Crippen LogP contribution in [0.2, 0.25) is 0 Å². The molecule has 4 aromatic carbocycles. The van der Waals surface area contributed by atoms with Gasteiger partial charge in [0.25, 0.3) is 0 Å². The van der Waals surface area contributed by atoms with Crippen molar-refractivity contribution < 1.29 is 14.4 Å². The van der Waals surface area contributed by atoms with E-state index in [-0.39, 0.29) is 5.75 Å². The predicted octanol–water partition coefficient (Wildman–Crippen LogP) is 6.77. The maximum Gasteiger partial charge on any atom is 0.235 e. The second-order valence-corrected chi connectivity index (χ2v) is 9.74. The van der Waals surface area contributed by atoms with Crippen LogP contribution >= 0.6 is 7.29 Å².